The van der Waals surface area contributed by atoms with Gasteiger partial charge < -0.3 is 35.4 Å². The van der Waals surface area contributed by atoms with Crippen LogP contribution >= 0.6 is 0 Å². The van der Waals surface area contributed by atoms with Gasteiger partial charge in [0.05, 0.1) is 6.61 Å². The van der Waals surface area contributed by atoms with Crippen LogP contribution in [0.2, 0.25) is 0 Å². The quantitative estimate of drug-likeness (QED) is 0.219. The minimum atomic E-state index is -4.03. The van der Waals surface area contributed by atoms with E-state index in [1.165, 1.54) is 0 Å². The summed E-state index contributed by atoms with van der Waals surface area (Å²) in [5.41, 5.74) is -4.03. The molecule has 1 aliphatic heterocycles. The number of aliphatic hydroxyl groups is 4. The number of aliphatic hydroxyl groups excluding tert-OH is 4. The van der Waals surface area contributed by atoms with Gasteiger partial charge in [-0.15, -0.1) is 0 Å². The van der Waals surface area contributed by atoms with E-state index >= 15 is 0 Å². The Morgan fingerprint density at radius 2 is 1.50 bits per heavy atom. The molecular weight excluding hydrogens is 294 g/mol. The van der Waals surface area contributed by atoms with Crippen molar-refractivity contribution < 1.29 is 78.9 Å². The smallest absolute Gasteiger partial charge is 0.478 e. The zero-order valence-corrected chi connectivity index (χ0v) is 12.4. The van der Waals surface area contributed by atoms with E-state index in [9.17, 15) is 29.3 Å². The molecule has 0 aromatic rings. The van der Waals surface area contributed by atoms with Gasteiger partial charge in [-0.1, -0.05) is 0 Å². The average molecular weight is 307 g/mol. The number of carboxylic acids is 2. The molecule has 0 amide bonds. The van der Waals surface area contributed by atoms with Gasteiger partial charge in [-0.2, -0.15) is 0 Å². The second-order valence-corrected chi connectivity index (χ2v) is 4.07. The molecule has 0 aromatic carbocycles. The molecule has 1 saturated heterocycles. The molecule has 0 saturated carbocycles. The SMILES string of the molecule is O=C(O)C(F)(C(=O)O)[C@@H]1O[C@H](CO)[C@@H](O)[C@H](O)[C@H]1O.[Na+]. The molecule has 1 rings (SSSR count). The summed E-state index contributed by atoms with van der Waals surface area (Å²) < 4.78 is 18.6. The Morgan fingerprint density at radius 1 is 1.05 bits per heavy atom. The third-order valence-corrected chi connectivity index (χ3v) is 2.91. The van der Waals surface area contributed by atoms with Gasteiger partial charge in [0.15, 0.2) is 0 Å². The van der Waals surface area contributed by atoms with Crippen molar-refractivity contribution in [3.8, 4) is 0 Å². The number of halogens is 1. The Hall–Kier alpha value is -0.330. The van der Waals surface area contributed by atoms with Crippen molar-refractivity contribution in [2.75, 3.05) is 6.61 Å². The van der Waals surface area contributed by atoms with Crippen LogP contribution in [-0.4, -0.2) is 85.4 Å². The first kappa shape index (κ1) is 19.7. The van der Waals surface area contributed by atoms with Crippen LogP contribution in [0.25, 0.3) is 0 Å². The number of aliphatic carboxylic acids is 2. The Balaban J connectivity index is 0.00000361. The Morgan fingerprint density at radius 3 is 1.85 bits per heavy atom. The monoisotopic (exact) mass is 307 g/mol. The van der Waals surface area contributed by atoms with Crippen LogP contribution < -0.4 is 29.6 Å². The molecule has 1 aliphatic rings. The Labute approximate surface area is 133 Å². The molecule has 1 heterocycles. The van der Waals surface area contributed by atoms with E-state index in [2.05, 4.69) is 4.74 Å². The second-order valence-electron chi connectivity index (χ2n) is 4.07. The molecule has 0 radical (unpaired) electrons. The first-order chi connectivity index (χ1) is 8.67. The molecule has 0 aliphatic carbocycles. The maximum Gasteiger partial charge on any atom is 1.00 e. The van der Waals surface area contributed by atoms with Gasteiger partial charge in [0.1, 0.15) is 30.5 Å². The van der Waals surface area contributed by atoms with E-state index in [1.54, 1.807) is 0 Å². The van der Waals surface area contributed by atoms with Crippen LogP contribution in [0, 0.1) is 0 Å². The van der Waals surface area contributed by atoms with Gasteiger partial charge in [0.25, 0.3) is 0 Å². The minimum absolute atomic E-state index is 0. The van der Waals surface area contributed by atoms with Crippen molar-refractivity contribution in [3.63, 3.8) is 0 Å². The summed E-state index contributed by atoms with van der Waals surface area (Å²) >= 11 is 0. The largest absolute Gasteiger partial charge is 1.00 e. The van der Waals surface area contributed by atoms with Crippen LogP contribution in [-0.2, 0) is 14.3 Å². The summed E-state index contributed by atoms with van der Waals surface area (Å²) in [6.45, 7) is -0.934. The summed E-state index contributed by atoms with van der Waals surface area (Å²) in [7, 11) is 0. The maximum atomic E-state index is 14.0. The van der Waals surface area contributed by atoms with Crippen molar-refractivity contribution in [3.05, 3.63) is 0 Å². The topological polar surface area (TPSA) is 165 Å². The number of carboxylic acid groups (broad SMARTS) is 2. The van der Waals surface area contributed by atoms with Gasteiger partial charge in [0, 0.05) is 0 Å². The Bertz CT molecular complexity index is 362. The summed E-state index contributed by atoms with van der Waals surface area (Å²) in [6.07, 6.45) is -10.3. The van der Waals surface area contributed by atoms with Crippen molar-refractivity contribution in [1.82, 2.24) is 0 Å². The number of carbonyl (C=O) groups is 2. The third-order valence-electron chi connectivity index (χ3n) is 2.91. The van der Waals surface area contributed by atoms with E-state index in [0.717, 1.165) is 0 Å². The Kier molecular flexibility index (Phi) is 6.97. The minimum Gasteiger partial charge on any atom is -0.478 e. The summed E-state index contributed by atoms with van der Waals surface area (Å²) in [6, 6.07) is 0. The fourth-order valence-electron chi connectivity index (χ4n) is 1.77. The second kappa shape index (κ2) is 7.09. The molecule has 110 valence electrons. The molecule has 0 bridgehead atoms. The molecule has 9 nitrogen and oxygen atoms in total. The standard InChI is InChI=1S/C9H13FO9.Na/c10-9(7(15)16,8(17)18)6-5(14)4(13)3(12)2(1-11)19-6;/h2-6,11-14H,1H2,(H,15,16)(H,17,18);/q;+1/t2-,3-,4+,5-,6-;/m1./s1. The number of rotatable bonds is 4. The third kappa shape index (κ3) is 3.12. The van der Waals surface area contributed by atoms with Gasteiger partial charge >= 0.3 is 47.2 Å². The predicted octanol–water partition coefficient (Wildman–Crippen LogP) is -6.29. The molecule has 0 aromatic heterocycles. The first-order valence-electron chi connectivity index (χ1n) is 5.14. The molecule has 11 heteroatoms. The molecule has 20 heavy (non-hydrogen) atoms. The number of hydrogen-bond acceptors (Lipinski definition) is 7. The van der Waals surface area contributed by atoms with E-state index in [-0.39, 0.29) is 29.6 Å². The van der Waals surface area contributed by atoms with E-state index in [4.69, 9.17) is 15.3 Å². The van der Waals surface area contributed by atoms with Gasteiger partial charge in [-0.25, -0.2) is 14.0 Å². The summed E-state index contributed by atoms with van der Waals surface area (Å²) in [4.78, 5) is 21.5. The molecule has 1 fully saturated rings. The van der Waals surface area contributed by atoms with Crippen molar-refractivity contribution in [2.45, 2.75) is 36.2 Å². The fourth-order valence-corrected chi connectivity index (χ4v) is 1.77. The summed E-state index contributed by atoms with van der Waals surface area (Å²) in [5, 5.41) is 54.3. The maximum absolute atomic E-state index is 14.0. The first-order valence-corrected chi connectivity index (χ1v) is 5.14. The van der Waals surface area contributed by atoms with Crippen LogP contribution in [0.4, 0.5) is 4.39 Å². The van der Waals surface area contributed by atoms with Crippen LogP contribution in [0.1, 0.15) is 0 Å². The van der Waals surface area contributed by atoms with Crippen LogP contribution in [0.15, 0.2) is 0 Å². The predicted molar refractivity (Wildman–Crippen MR) is 52.9 cm³/mol. The molecule has 6 N–H and O–H groups in total. The van der Waals surface area contributed by atoms with Gasteiger partial charge in [-0.05, 0) is 0 Å². The number of alkyl halides is 1. The fraction of sp³-hybridized carbons (Fsp3) is 0.778. The van der Waals surface area contributed by atoms with Gasteiger partial charge in [0.2, 0.25) is 0 Å². The van der Waals surface area contributed by atoms with Crippen molar-refractivity contribution >= 4 is 11.9 Å². The van der Waals surface area contributed by atoms with E-state index < -0.39 is 54.7 Å². The van der Waals surface area contributed by atoms with Gasteiger partial charge in [-0.3, -0.25) is 0 Å². The molecular formula is C9H13FNaO9+. The van der Waals surface area contributed by atoms with E-state index in [1.807, 2.05) is 0 Å². The van der Waals surface area contributed by atoms with Crippen LogP contribution in [0.5, 0.6) is 0 Å². The zero-order chi connectivity index (χ0) is 15.0. The molecule has 0 unspecified atom stereocenters. The average Bonchev–Trinajstić information content (AvgIpc) is 2.35. The van der Waals surface area contributed by atoms with Crippen molar-refractivity contribution in [1.29, 1.82) is 0 Å². The van der Waals surface area contributed by atoms with E-state index in [0.29, 0.717) is 0 Å². The normalized spacial score (nSPS) is 34.1. The van der Waals surface area contributed by atoms with Crippen LogP contribution in [0.3, 0.4) is 0 Å². The molecule has 5 atom stereocenters. The zero-order valence-electron chi connectivity index (χ0n) is 10.4. The number of ether oxygens (including phenoxy) is 1. The number of hydrogen-bond donors (Lipinski definition) is 6. The van der Waals surface area contributed by atoms with Crippen molar-refractivity contribution in [2.24, 2.45) is 0 Å². The molecule has 0 spiro atoms. The summed E-state index contributed by atoms with van der Waals surface area (Å²) in [5.74, 6) is -4.88.